The van der Waals surface area contributed by atoms with Crippen LogP contribution in [0.3, 0.4) is 0 Å². The molecule has 0 radical (unpaired) electrons. The monoisotopic (exact) mass is 298 g/mol. The Hall–Kier alpha value is -1.21. The molecule has 20 heavy (non-hydrogen) atoms. The van der Waals surface area contributed by atoms with E-state index in [0.717, 1.165) is 17.2 Å². The summed E-state index contributed by atoms with van der Waals surface area (Å²) in [5.41, 5.74) is 1.68. The van der Waals surface area contributed by atoms with Crippen molar-refractivity contribution in [1.29, 1.82) is 0 Å². The quantitative estimate of drug-likeness (QED) is 0.897. The largest absolute Gasteiger partial charge is 0.354 e. The van der Waals surface area contributed by atoms with E-state index in [1.165, 1.54) is 0 Å². The topological polar surface area (TPSA) is 75.2 Å². The molecule has 1 aromatic rings. The van der Waals surface area contributed by atoms with Gasteiger partial charge in [0.1, 0.15) is 5.82 Å². The first-order valence-corrected chi connectivity index (χ1v) is 8.40. The standard InChI is InChI=1S/C13H22N4O2S/c1-9(2)16-20(18,19)12-5-6-17(8-12)13-11(4)14-7-10(3)15-13/h7,9,12,16H,5-6,8H2,1-4H3/t12-/m1/s1. The first kappa shape index (κ1) is 15.2. The molecule has 112 valence electrons. The van der Waals surface area contributed by atoms with E-state index >= 15 is 0 Å². The zero-order valence-corrected chi connectivity index (χ0v) is 13.2. The Morgan fingerprint density at radius 1 is 1.40 bits per heavy atom. The summed E-state index contributed by atoms with van der Waals surface area (Å²) in [6.45, 7) is 8.63. The summed E-state index contributed by atoms with van der Waals surface area (Å²) in [5, 5.41) is -0.383. The third-order valence-electron chi connectivity index (χ3n) is 3.33. The van der Waals surface area contributed by atoms with Gasteiger partial charge in [-0.05, 0) is 34.1 Å². The molecule has 2 heterocycles. The van der Waals surface area contributed by atoms with E-state index in [9.17, 15) is 8.42 Å². The number of aromatic nitrogens is 2. The molecule has 0 spiro atoms. The lowest BCUT2D eigenvalue weighted by molar-refractivity contribution is 0.557. The normalized spacial score (nSPS) is 19.9. The lowest BCUT2D eigenvalue weighted by Gasteiger charge is -2.20. The van der Waals surface area contributed by atoms with E-state index in [2.05, 4.69) is 14.7 Å². The van der Waals surface area contributed by atoms with Crippen molar-refractivity contribution < 1.29 is 8.42 Å². The number of rotatable bonds is 4. The zero-order chi connectivity index (χ0) is 14.9. The molecule has 1 fully saturated rings. The summed E-state index contributed by atoms with van der Waals surface area (Å²) in [6, 6.07) is -0.0745. The fraction of sp³-hybridized carbons (Fsp3) is 0.692. The maximum Gasteiger partial charge on any atom is 0.216 e. The zero-order valence-electron chi connectivity index (χ0n) is 12.4. The molecular formula is C13H22N4O2S. The Bertz CT molecular complexity index is 586. The molecular weight excluding hydrogens is 276 g/mol. The Labute approximate surface area is 120 Å². The SMILES string of the molecule is Cc1cnc(C)c(N2CC[C@@H](S(=O)(=O)NC(C)C)C2)n1. The van der Waals surface area contributed by atoms with Crippen molar-refractivity contribution >= 4 is 15.8 Å². The third-order valence-corrected chi connectivity index (χ3v) is 5.40. The smallest absolute Gasteiger partial charge is 0.216 e. The third kappa shape index (κ3) is 3.27. The van der Waals surface area contributed by atoms with Crippen LogP contribution in [0.2, 0.25) is 0 Å². The molecule has 1 aliphatic rings. The van der Waals surface area contributed by atoms with Crippen LogP contribution < -0.4 is 9.62 Å². The number of nitrogens with one attached hydrogen (secondary N) is 1. The summed E-state index contributed by atoms with van der Waals surface area (Å²) < 4.78 is 27.1. The van der Waals surface area contributed by atoms with Gasteiger partial charge in [0.2, 0.25) is 10.0 Å². The van der Waals surface area contributed by atoms with Crippen LogP contribution in [0.5, 0.6) is 0 Å². The second-order valence-corrected chi connectivity index (χ2v) is 7.59. The van der Waals surface area contributed by atoms with Crippen LogP contribution in [0.4, 0.5) is 5.82 Å². The first-order chi connectivity index (χ1) is 9.29. The lowest BCUT2D eigenvalue weighted by atomic mass is 10.4. The van der Waals surface area contributed by atoms with Gasteiger partial charge >= 0.3 is 0 Å². The van der Waals surface area contributed by atoms with Crippen molar-refractivity contribution in [2.75, 3.05) is 18.0 Å². The molecule has 0 aliphatic carbocycles. The molecule has 7 heteroatoms. The minimum absolute atomic E-state index is 0.0745. The Morgan fingerprint density at radius 3 is 2.75 bits per heavy atom. The number of anilines is 1. The Morgan fingerprint density at radius 2 is 2.10 bits per heavy atom. The van der Waals surface area contributed by atoms with Gasteiger partial charge in [-0.25, -0.2) is 18.1 Å². The van der Waals surface area contributed by atoms with Crippen LogP contribution in [-0.2, 0) is 10.0 Å². The Balaban J connectivity index is 2.15. The number of sulfonamides is 1. The summed E-state index contributed by atoms with van der Waals surface area (Å²) in [7, 11) is -3.26. The van der Waals surface area contributed by atoms with Gasteiger partial charge < -0.3 is 4.90 Å². The molecule has 2 rings (SSSR count). The van der Waals surface area contributed by atoms with E-state index in [0.29, 0.717) is 19.5 Å². The molecule has 1 saturated heterocycles. The summed E-state index contributed by atoms with van der Waals surface area (Å²) >= 11 is 0. The van der Waals surface area contributed by atoms with Crippen LogP contribution in [0, 0.1) is 13.8 Å². The summed E-state index contributed by atoms with van der Waals surface area (Å²) in [5.74, 6) is 0.798. The number of hydrogen-bond acceptors (Lipinski definition) is 5. The molecule has 0 bridgehead atoms. The van der Waals surface area contributed by atoms with E-state index in [1.54, 1.807) is 6.20 Å². The predicted octanol–water partition coefficient (Wildman–Crippen LogP) is 1.000. The fourth-order valence-corrected chi connectivity index (χ4v) is 4.06. The van der Waals surface area contributed by atoms with Crippen LogP contribution in [0.25, 0.3) is 0 Å². The van der Waals surface area contributed by atoms with Gasteiger partial charge in [0, 0.05) is 25.3 Å². The molecule has 0 amide bonds. The molecule has 1 N–H and O–H groups in total. The van der Waals surface area contributed by atoms with Gasteiger partial charge in [-0.1, -0.05) is 0 Å². The van der Waals surface area contributed by atoms with Crippen LogP contribution in [0.15, 0.2) is 6.20 Å². The van der Waals surface area contributed by atoms with Gasteiger partial charge in [0.15, 0.2) is 0 Å². The van der Waals surface area contributed by atoms with Crippen LogP contribution in [0.1, 0.15) is 31.7 Å². The highest BCUT2D eigenvalue weighted by Gasteiger charge is 2.34. The van der Waals surface area contributed by atoms with E-state index in [4.69, 9.17) is 0 Å². The van der Waals surface area contributed by atoms with E-state index < -0.39 is 10.0 Å². The Kier molecular flexibility index (Phi) is 4.29. The van der Waals surface area contributed by atoms with Crippen molar-refractivity contribution in [3.8, 4) is 0 Å². The highest BCUT2D eigenvalue weighted by Crippen LogP contribution is 2.24. The average molecular weight is 298 g/mol. The minimum atomic E-state index is -3.26. The summed E-state index contributed by atoms with van der Waals surface area (Å²) in [6.07, 6.45) is 2.35. The average Bonchev–Trinajstić information content (AvgIpc) is 2.80. The van der Waals surface area contributed by atoms with Gasteiger partial charge in [0.05, 0.1) is 16.6 Å². The molecule has 1 aliphatic heterocycles. The maximum atomic E-state index is 12.2. The molecule has 0 aromatic carbocycles. The molecule has 6 nitrogen and oxygen atoms in total. The molecule has 0 saturated carbocycles. The molecule has 0 unspecified atom stereocenters. The number of aryl methyl sites for hydroxylation is 2. The first-order valence-electron chi connectivity index (χ1n) is 6.86. The van der Waals surface area contributed by atoms with Crippen LogP contribution in [-0.4, -0.2) is 42.8 Å². The molecule has 1 aromatic heterocycles. The second kappa shape index (κ2) is 5.65. The van der Waals surface area contributed by atoms with Crippen molar-refractivity contribution in [3.05, 3.63) is 17.6 Å². The fourth-order valence-electron chi connectivity index (χ4n) is 2.42. The number of hydrogen-bond donors (Lipinski definition) is 1. The van der Waals surface area contributed by atoms with Crippen LogP contribution >= 0.6 is 0 Å². The van der Waals surface area contributed by atoms with Crippen molar-refractivity contribution in [2.24, 2.45) is 0 Å². The summed E-state index contributed by atoms with van der Waals surface area (Å²) in [4.78, 5) is 10.8. The van der Waals surface area contributed by atoms with Crippen molar-refractivity contribution in [2.45, 2.75) is 45.4 Å². The highest BCUT2D eigenvalue weighted by molar-refractivity contribution is 7.90. The van der Waals surface area contributed by atoms with E-state index in [-0.39, 0.29) is 11.3 Å². The van der Waals surface area contributed by atoms with Gasteiger partial charge in [-0.2, -0.15) is 0 Å². The number of nitrogens with zero attached hydrogens (tertiary/aromatic N) is 3. The van der Waals surface area contributed by atoms with Gasteiger partial charge in [0.25, 0.3) is 0 Å². The minimum Gasteiger partial charge on any atom is -0.354 e. The maximum absolute atomic E-state index is 12.2. The highest BCUT2D eigenvalue weighted by atomic mass is 32.2. The van der Waals surface area contributed by atoms with E-state index in [1.807, 2.05) is 32.6 Å². The second-order valence-electron chi connectivity index (χ2n) is 5.59. The van der Waals surface area contributed by atoms with Crippen molar-refractivity contribution in [3.63, 3.8) is 0 Å². The van der Waals surface area contributed by atoms with Gasteiger partial charge in [-0.3, -0.25) is 4.98 Å². The van der Waals surface area contributed by atoms with Gasteiger partial charge in [-0.15, -0.1) is 0 Å². The lowest BCUT2D eigenvalue weighted by Crippen LogP contribution is -2.40. The predicted molar refractivity (Wildman–Crippen MR) is 79.3 cm³/mol. The van der Waals surface area contributed by atoms with Crippen molar-refractivity contribution in [1.82, 2.24) is 14.7 Å². The molecule has 1 atom stereocenters.